The van der Waals surface area contributed by atoms with Gasteiger partial charge < -0.3 is 19.5 Å². The van der Waals surface area contributed by atoms with E-state index in [1.54, 1.807) is 13.2 Å². The Hall–Kier alpha value is -1.95. The molecule has 5 heteroatoms. The minimum atomic E-state index is -0.265. The van der Waals surface area contributed by atoms with Crippen LogP contribution in [0.2, 0.25) is 0 Å². The fraction of sp³-hybridized carbons (Fsp3) is 0.333. The molecular weight excluding hydrogens is 297 g/mol. The van der Waals surface area contributed by atoms with E-state index < -0.39 is 0 Å². The lowest BCUT2D eigenvalue weighted by Gasteiger charge is -2.12. The van der Waals surface area contributed by atoms with Crippen LogP contribution in [0.4, 0.5) is 4.39 Å². The highest BCUT2D eigenvalue weighted by atomic mass is 19.1. The first-order valence-electron chi connectivity index (χ1n) is 7.61. The van der Waals surface area contributed by atoms with Crippen molar-refractivity contribution in [2.24, 2.45) is 0 Å². The van der Waals surface area contributed by atoms with Crippen LogP contribution in [0, 0.1) is 5.82 Å². The van der Waals surface area contributed by atoms with E-state index >= 15 is 0 Å². The van der Waals surface area contributed by atoms with Crippen LogP contribution in [0.15, 0.2) is 42.5 Å². The van der Waals surface area contributed by atoms with Crippen LogP contribution < -0.4 is 10.1 Å². The monoisotopic (exact) mass is 317 g/mol. The zero-order valence-electron chi connectivity index (χ0n) is 13.0. The Morgan fingerprint density at radius 3 is 2.74 bits per heavy atom. The summed E-state index contributed by atoms with van der Waals surface area (Å²) < 4.78 is 29.6. The molecule has 1 heterocycles. The van der Waals surface area contributed by atoms with Gasteiger partial charge in [-0.25, -0.2) is 4.39 Å². The minimum Gasteiger partial charge on any atom is -0.496 e. The largest absolute Gasteiger partial charge is 0.496 e. The summed E-state index contributed by atoms with van der Waals surface area (Å²) in [5, 5.41) is 3.31. The van der Waals surface area contributed by atoms with Crippen LogP contribution in [-0.2, 0) is 22.6 Å². The molecule has 0 saturated carbocycles. The second-order valence-corrected chi connectivity index (χ2v) is 5.38. The predicted molar refractivity (Wildman–Crippen MR) is 84.6 cm³/mol. The molecule has 0 amide bonds. The highest BCUT2D eigenvalue weighted by Crippen LogP contribution is 2.24. The summed E-state index contributed by atoms with van der Waals surface area (Å²) in [6.45, 7) is 2.46. The number of rotatable bonds is 6. The Bertz CT molecular complexity index is 656. The second kappa shape index (κ2) is 7.55. The van der Waals surface area contributed by atoms with Gasteiger partial charge in [0.2, 0.25) is 0 Å². The third kappa shape index (κ3) is 4.07. The van der Waals surface area contributed by atoms with Gasteiger partial charge in [0.05, 0.1) is 20.3 Å². The molecule has 122 valence electrons. The van der Waals surface area contributed by atoms with Crippen LogP contribution in [0.25, 0.3) is 0 Å². The molecular formula is C18H20FNO3. The van der Waals surface area contributed by atoms with Crippen molar-refractivity contribution in [2.75, 3.05) is 20.3 Å². The van der Waals surface area contributed by atoms with E-state index in [0.29, 0.717) is 32.1 Å². The van der Waals surface area contributed by atoms with Gasteiger partial charge in [-0.3, -0.25) is 0 Å². The Kier molecular flexibility index (Phi) is 5.23. The molecule has 2 aromatic carbocycles. The minimum absolute atomic E-state index is 0.264. The molecule has 0 unspecified atom stereocenters. The average molecular weight is 317 g/mol. The molecule has 3 rings (SSSR count). The van der Waals surface area contributed by atoms with E-state index in [1.807, 2.05) is 18.2 Å². The normalized spacial score (nSPS) is 15.0. The van der Waals surface area contributed by atoms with E-state index in [9.17, 15) is 4.39 Å². The maximum Gasteiger partial charge on any atom is 0.184 e. The maximum absolute atomic E-state index is 13.3. The van der Waals surface area contributed by atoms with Crippen molar-refractivity contribution in [1.82, 2.24) is 5.32 Å². The molecule has 0 spiro atoms. The summed E-state index contributed by atoms with van der Waals surface area (Å²) in [6.07, 6.45) is -0.265. The number of hydrogen-bond donors (Lipinski definition) is 1. The van der Waals surface area contributed by atoms with Gasteiger partial charge in [-0.2, -0.15) is 0 Å². The maximum atomic E-state index is 13.3. The number of hydrogen-bond acceptors (Lipinski definition) is 4. The first-order valence-corrected chi connectivity index (χ1v) is 7.61. The van der Waals surface area contributed by atoms with Gasteiger partial charge in [-0.05, 0) is 29.8 Å². The van der Waals surface area contributed by atoms with Crippen molar-refractivity contribution < 1.29 is 18.6 Å². The predicted octanol–water partition coefficient (Wildman–Crippen LogP) is 3.17. The second-order valence-electron chi connectivity index (χ2n) is 5.38. The molecule has 0 aromatic heterocycles. The van der Waals surface area contributed by atoms with Gasteiger partial charge in [-0.1, -0.05) is 18.2 Å². The number of methoxy groups -OCH3 is 1. The van der Waals surface area contributed by atoms with E-state index in [0.717, 1.165) is 16.7 Å². The molecule has 1 saturated heterocycles. The molecule has 4 nitrogen and oxygen atoms in total. The zero-order valence-corrected chi connectivity index (χ0v) is 13.0. The molecule has 1 fully saturated rings. The Balaban J connectivity index is 1.60. The average Bonchev–Trinajstić information content (AvgIpc) is 3.10. The summed E-state index contributed by atoms with van der Waals surface area (Å²) in [7, 11) is 1.59. The fourth-order valence-electron chi connectivity index (χ4n) is 2.63. The lowest BCUT2D eigenvalue weighted by atomic mass is 10.1. The van der Waals surface area contributed by atoms with Gasteiger partial charge in [-0.15, -0.1) is 0 Å². The van der Waals surface area contributed by atoms with Gasteiger partial charge >= 0.3 is 0 Å². The van der Waals surface area contributed by atoms with E-state index in [4.69, 9.17) is 14.2 Å². The van der Waals surface area contributed by atoms with E-state index in [1.165, 1.54) is 12.1 Å². The summed E-state index contributed by atoms with van der Waals surface area (Å²) in [6, 6.07) is 12.6. The van der Waals surface area contributed by atoms with Crippen molar-refractivity contribution in [3.05, 3.63) is 65.0 Å². The number of halogens is 1. The SMILES string of the molecule is COc1ccc(F)cc1CNCc1cccc(C2OCCO2)c1. The first kappa shape index (κ1) is 15.9. The van der Waals surface area contributed by atoms with Gasteiger partial charge in [0.15, 0.2) is 6.29 Å². The zero-order chi connectivity index (χ0) is 16.1. The molecule has 0 radical (unpaired) electrons. The third-order valence-corrected chi connectivity index (χ3v) is 3.73. The third-order valence-electron chi connectivity index (χ3n) is 3.73. The van der Waals surface area contributed by atoms with Crippen molar-refractivity contribution in [3.8, 4) is 5.75 Å². The van der Waals surface area contributed by atoms with Gasteiger partial charge in [0.25, 0.3) is 0 Å². The van der Waals surface area contributed by atoms with Crippen molar-refractivity contribution in [2.45, 2.75) is 19.4 Å². The smallest absolute Gasteiger partial charge is 0.184 e. The highest BCUT2D eigenvalue weighted by Gasteiger charge is 2.18. The van der Waals surface area contributed by atoms with Crippen molar-refractivity contribution in [3.63, 3.8) is 0 Å². The van der Waals surface area contributed by atoms with Crippen LogP contribution >= 0.6 is 0 Å². The van der Waals surface area contributed by atoms with Crippen molar-refractivity contribution >= 4 is 0 Å². The van der Waals surface area contributed by atoms with E-state index in [-0.39, 0.29) is 12.1 Å². The Labute approximate surface area is 135 Å². The van der Waals surface area contributed by atoms with Crippen LogP contribution in [-0.4, -0.2) is 20.3 Å². The van der Waals surface area contributed by atoms with Crippen LogP contribution in [0.5, 0.6) is 5.75 Å². The standard InChI is InChI=1S/C18H20FNO3/c1-21-17-6-5-16(19)10-15(17)12-20-11-13-3-2-4-14(9-13)18-22-7-8-23-18/h2-6,9-10,18,20H,7-8,11-12H2,1H3. The molecule has 0 bridgehead atoms. The lowest BCUT2D eigenvalue weighted by Crippen LogP contribution is -2.14. The summed E-state index contributed by atoms with van der Waals surface area (Å²) >= 11 is 0. The first-order chi connectivity index (χ1) is 11.3. The number of ether oxygens (including phenoxy) is 3. The van der Waals surface area contributed by atoms with Crippen molar-refractivity contribution in [1.29, 1.82) is 0 Å². The van der Waals surface area contributed by atoms with Crippen LogP contribution in [0.3, 0.4) is 0 Å². The highest BCUT2D eigenvalue weighted by molar-refractivity contribution is 5.34. The van der Waals surface area contributed by atoms with E-state index in [2.05, 4.69) is 11.4 Å². The lowest BCUT2D eigenvalue weighted by molar-refractivity contribution is -0.0441. The molecule has 1 aliphatic heterocycles. The van der Waals surface area contributed by atoms with Gasteiger partial charge in [0.1, 0.15) is 11.6 Å². The Morgan fingerprint density at radius 1 is 1.13 bits per heavy atom. The molecule has 1 N–H and O–H groups in total. The topological polar surface area (TPSA) is 39.7 Å². The van der Waals surface area contributed by atoms with Crippen LogP contribution in [0.1, 0.15) is 23.0 Å². The molecule has 23 heavy (non-hydrogen) atoms. The number of benzene rings is 2. The molecule has 0 atom stereocenters. The quantitative estimate of drug-likeness (QED) is 0.888. The summed E-state index contributed by atoms with van der Waals surface area (Å²) in [5.41, 5.74) is 2.94. The molecule has 0 aliphatic carbocycles. The Morgan fingerprint density at radius 2 is 1.96 bits per heavy atom. The summed E-state index contributed by atoms with van der Waals surface area (Å²) in [5.74, 6) is 0.417. The molecule has 1 aliphatic rings. The summed E-state index contributed by atoms with van der Waals surface area (Å²) in [4.78, 5) is 0. The number of nitrogens with one attached hydrogen (secondary N) is 1. The molecule has 2 aromatic rings. The van der Waals surface area contributed by atoms with Gasteiger partial charge in [0, 0.05) is 24.2 Å². The fourth-order valence-corrected chi connectivity index (χ4v) is 2.63.